The molecule has 0 saturated carbocycles. The lowest BCUT2D eigenvalue weighted by Gasteiger charge is -2.10. The molecule has 0 aliphatic heterocycles. The second-order valence-corrected chi connectivity index (χ2v) is 10.6. The third-order valence-corrected chi connectivity index (χ3v) is 7.32. The molecule has 1 rings (SSSR count). The van der Waals surface area contributed by atoms with E-state index in [-0.39, 0.29) is 0 Å². The molecule has 0 radical (unpaired) electrons. The van der Waals surface area contributed by atoms with Gasteiger partial charge in [-0.2, -0.15) is 0 Å². The van der Waals surface area contributed by atoms with Crippen LogP contribution in [0.3, 0.4) is 0 Å². The molecule has 1 aromatic rings. The summed E-state index contributed by atoms with van der Waals surface area (Å²) in [4.78, 5) is 0. The van der Waals surface area contributed by atoms with Crippen LogP contribution in [0.5, 0.6) is 0 Å². The Morgan fingerprint density at radius 3 is 1.33 bits per heavy atom. The number of pyridine rings is 1. The molecule has 0 aliphatic rings. The van der Waals surface area contributed by atoms with Crippen LogP contribution < -0.4 is 4.57 Å². The Bertz CT molecular complexity index is 535. The molecule has 0 N–H and O–H groups in total. The van der Waals surface area contributed by atoms with Gasteiger partial charge in [0.1, 0.15) is 6.54 Å². The van der Waals surface area contributed by atoms with Crippen LogP contribution in [0.4, 0.5) is 0 Å². The van der Waals surface area contributed by atoms with Crippen LogP contribution in [0.15, 0.2) is 18.5 Å². The molecule has 0 spiro atoms. The smallest absolute Gasteiger partial charge is 0.172 e. The quantitative estimate of drug-likeness (QED) is 0.107. The number of hydrogen-bond acceptors (Lipinski definition) is 0. The normalized spacial score (nSPS) is 11.4. The number of aromatic nitrogens is 1. The maximum Gasteiger partial charge on any atom is 0.172 e. The minimum atomic E-state index is 1.20. The standard InChI is InChI=1S/C32H60N/c1-4-7-10-13-16-19-22-25-31-27-29-33(28-24-21-18-15-12-9-6-3)30-32(31)26-23-20-17-14-11-8-5-2/h27,29-30H,4-26,28H2,1-3H3/q+1. The summed E-state index contributed by atoms with van der Waals surface area (Å²) in [5.74, 6) is 0. The van der Waals surface area contributed by atoms with E-state index >= 15 is 0 Å². The van der Waals surface area contributed by atoms with Crippen molar-refractivity contribution in [3.05, 3.63) is 29.6 Å². The third kappa shape index (κ3) is 17.3. The highest BCUT2D eigenvalue weighted by Crippen LogP contribution is 2.17. The van der Waals surface area contributed by atoms with Gasteiger partial charge in [0.15, 0.2) is 12.4 Å². The van der Waals surface area contributed by atoms with Crippen molar-refractivity contribution < 1.29 is 4.57 Å². The molecule has 0 aliphatic carbocycles. The number of aryl methyl sites for hydroxylation is 3. The molecule has 1 nitrogen and oxygen atoms in total. The molecule has 1 aromatic heterocycles. The summed E-state index contributed by atoms with van der Waals surface area (Å²) in [6.07, 6.45) is 36.9. The summed E-state index contributed by atoms with van der Waals surface area (Å²) >= 11 is 0. The zero-order valence-corrected chi connectivity index (χ0v) is 23.1. The molecular formula is C32H60N+. The summed E-state index contributed by atoms with van der Waals surface area (Å²) < 4.78 is 2.50. The molecule has 1 heteroatoms. The monoisotopic (exact) mass is 458 g/mol. The molecule has 0 bridgehead atoms. The van der Waals surface area contributed by atoms with Gasteiger partial charge in [-0.15, -0.1) is 0 Å². The highest BCUT2D eigenvalue weighted by molar-refractivity contribution is 5.21. The van der Waals surface area contributed by atoms with E-state index < -0.39 is 0 Å². The van der Waals surface area contributed by atoms with Crippen LogP contribution in [0, 0.1) is 0 Å². The number of nitrogens with zero attached hydrogens (tertiary/aromatic N) is 1. The van der Waals surface area contributed by atoms with Crippen molar-refractivity contribution in [3.8, 4) is 0 Å². The Morgan fingerprint density at radius 2 is 0.848 bits per heavy atom. The van der Waals surface area contributed by atoms with Crippen molar-refractivity contribution in [1.29, 1.82) is 0 Å². The fourth-order valence-electron chi connectivity index (χ4n) is 5.02. The van der Waals surface area contributed by atoms with E-state index in [1.165, 1.54) is 154 Å². The number of rotatable bonds is 24. The minimum absolute atomic E-state index is 1.20. The highest BCUT2D eigenvalue weighted by Gasteiger charge is 2.10. The fourth-order valence-corrected chi connectivity index (χ4v) is 5.02. The first kappa shape index (κ1) is 30.2. The van der Waals surface area contributed by atoms with Crippen LogP contribution in [-0.2, 0) is 19.4 Å². The first-order valence-corrected chi connectivity index (χ1v) is 15.3. The average Bonchev–Trinajstić information content (AvgIpc) is 2.83. The van der Waals surface area contributed by atoms with E-state index in [1.807, 2.05) is 0 Å². The number of hydrogen-bond donors (Lipinski definition) is 0. The first-order chi connectivity index (χ1) is 16.3. The van der Waals surface area contributed by atoms with E-state index in [4.69, 9.17) is 0 Å². The molecule has 1 heterocycles. The van der Waals surface area contributed by atoms with E-state index in [2.05, 4.69) is 43.8 Å². The Morgan fingerprint density at radius 1 is 0.455 bits per heavy atom. The molecule has 0 unspecified atom stereocenters. The van der Waals surface area contributed by atoms with Gasteiger partial charge in [-0.05, 0) is 37.7 Å². The molecule has 0 amide bonds. The van der Waals surface area contributed by atoms with Crippen molar-refractivity contribution in [1.82, 2.24) is 0 Å². The Balaban J connectivity index is 2.44. The first-order valence-electron chi connectivity index (χ1n) is 15.3. The van der Waals surface area contributed by atoms with Crippen molar-refractivity contribution in [2.45, 2.75) is 175 Å². The lowest BCUT2D eigenvalue weighted by atomic mass is 9.97. The molecule has 0 atom stereocenters. The maximum atomic E-state index is 2.52. The van der Waals surface area contributed by atoms with Crippen molar-refractivity contribution in [2.24, 2.45) is 0 Å². The van der Waals surface area contributed by atoms with Gasteiger partial charge in [0, 0.05) is 18.1 Å². The van der Waals surface area contributed by atoms with Gasteiger partial charge in [0.2, 0.25) is 0 Å². The van der Waals surface area contributed by atoms with Crippen LogP contribution >= 0.6 is 0 Å². The topological polar surface area (TPSA) is 3.88 Å². The van der Waals surface area contributed by atoms with Gasteiger partial charge in [0.05, 0.1) is 0 Å². The van der Waals surface area contributed by atoms with Gasteiger partial charge >= 0.3 is 0 Å². The largest absolute Gasteiger partial charge is 0.205 e. The Labute approximate surface area is 209 Å². The van der Waals surface area contributed by atoms with Gasteiger partial charge in [-0.3, -0.25) is 0 Å². The van der Waals surface area contributed by atoms with Crippen molar-refractivity contribution >= 4 is 0 Å². The van der Waals surface area contributed by atoms with E-state index in [0.29, 0.717) is 0 Å². The molecular weight excluding hydrogens is 398 g/mol. The number of unbranched alkanes of at least 4 members (excludes halogenated alkanes) is 18. The molecule has 0 fully saturated rings. The predicted molar refractivity (Wildman–Crippen MR) is 148 cm³/mol. The second-order valence-electron chi connectivity index (χ2n) is 10.6. The van der Waals surface area contributed by atoms with Crippen LogP contribution in [0.25, 0.3) is 0 Å². The Kier molecular flexibility index (Phi) is 21.0. The average molecular weight is 459 g/mol. The van der Waals surface area contributed by atoms with Gasteiger partial charge in [-0.25, -0.2) is 4.57 Å². The van der Waals surface area contributed by atoms with Gasteiger partial charge in [0.25, 0.3) is 0 Å². The lowest BCUT2D eigenvalue weighted by Crippen LogP contribution is -2.34. The summed E-state index contributed by atoms with van der Waals surface area (Å²) in [6.45, 7) is 8.12. The summed E-state index contributed by atoms with van der Waals surface area (Å²) in [6, 6.07) is 2.47. The lowest BCUT2D eigenvalue weighted by molar-refractivity contribution is -0.697. The van der Waals surface area contributed by atoms with E-state index in [9.17, 15) is 0 Å². The van der Waals surface area contributed by atoms with Crippen molar-refractivity contribution in [3.63, 3.8) is 0 Å². The molecule has 33 heavy (non-hydrogen) atoms. The fraction of sp³-hybridized carbons (Fsp3) is 0.844. The minimum Gasteiger partial charge on any atom is -0.205 e. The zero-order chi connectivity index (χ0) is 23.8. The Hall–Kier alpha value is -0.850. The SMILES string of the molecule is CCCCCCCCCc1cc[n+](CCCCCCCCC)cc1CCCCCCCCC. The second kappa shape index (κ2) is 22.9. The van der Waals surface area contributed by atoms with Gasteiger partial charge < -0.3 is 0 Å². The van der Waals surface area contributed by atoms with Crippen LogP contribution in [-0.4, -0.2) is 0 Å². The predicted octanol–water partition coefficient (Wildman–Crippen LogP) is 10.3. The molecule has 192 valence electrons. The summed E-state index contributed by atoms with van der Waals surface area (Å²) in [7, 11) is 0. The maximum absolute atomic E-state index is 2.52. The third-order valence-electron chi connectivity index (χ3n) is 7.32. The summed E-state index contributed by atoms with van der Waals surface area (Å²) in [5.41, 5.74) is 3.30. The van der Waals surface area contributed by atoms with Gasteiger partial charge in [-0.1, -0.05) is 130 Å². The van der Waals surface area contributed by atoms with Crippen LogP contribution in [0.2, 0.25) is 0 Å². The molecule has 0 aromatic carbocycles. The molecule has 0 saturated heterocycles. The highest BCUT2D eigenvalue weighted by atomic mass is 14.9. The summed E-state index contributed by atoms with van der Waals surface area (Å²) in [5, 5.41) is 0. The van der Waals surface area contributed by atoms with Crippen molar-refractivity contribution in [2.75, 3.05) is 0 Å². The zero-order valence-electron chi connectivity index (χ0n) is 23.1. The van der Waals surface area contributed by atoms with E-state index in [0.717, 1.165) is 0 Å². The van der Waals surface area contributed by atoms with E-state index in [1.54, 1.807) is 11.1 Å². The van der Waals surface area contributed by atoms with Crippen LogP contribution in [0.1, 0.15) is 167 Å².